The third kappa shape index (κ3) is 8.22. The fourth-order valence-corrected chi connectivity index (χ4v) is 3.90. The molecule has 0 aromatic heterocycles. The van der Waals surface area contributed by atoms with Gasteiger partial charge in [0.1, 0.15) is 0 Å². The Morgan fingerprint density at radius 1 is 1.21 bits per heavy atom. The molecule has 2 nitrogen and oxygen atoms in total. The quantitative estimate of drug-likeness (QED) is 0.374. The fourth-order valence-electron chi connectivity index (χ4n) is 1.66. The number of benzene rings is 1. The Labute approximate surface area is 123 Å². The van der Waals surface area contributed by atoms with Gasteiger partial charge in [0.2, 0.25) is 0 Å². The standard InChI is InChI=1S/C16H24O2Se/c1-3-4-5-9-12-16(18-14-13-17-2)19-15-10-7-6-8-11-15/h3-4,6-8,10-11,16H,5,9,12-14H2,1-2H3/b4-3+. The van der Waals surface area contributed by atoms with Crippen LogP contribution < -0.4 is 4.46 Å². The average Bonchev–Trinajstić information content (AvgIpc) is 2.44. The minimum atomic E-state index is 0.357. The number of hydrogen-bond acceptors (Lipinski definition) is 2. The molecule has 0 N–H and O–H groups in total. The van der Waals surface area contributed by atoms with Crippen molar-refractivity contribution in [2.24, 2.45) is 0 Å². The van der Waals surface area contributed by atoms with Gasteiger partial charge < -0.3 is 0 Å². The van der Waals surface area contributed by atoms with E-state index in [0.717, 1.165) is 12.8 Å². The van der Waals surface area contributed by atoms with Gasteiger partial charge in [0.05, 0.1) is 0 Å². The molecule has 0 fully saturated rings. The van der Waals surface area contributed by atoms with Crippen molar-refractivity contribution in [1.82, 2.24) is 0 Å². The number of hydrogen-bond donors (Lipinski definition) is 0. The molecular formula is C16H24O2Se. The molecule has 0 spiro atoms. The van der Waals surface area contributed by atoms with Crippen LogP contribution in [0.2, 0.25) is 0 Å². The van der Waals surface area contributed by atoms with Gasteiger partial charge in [-0.1, -0.05) is 0 Å². The monoisotopic (exact) mass is 328 g/mol. The predicted molar refractivity (Wildman–Crippen MR) is 82.1 cm³/mol. The van der Waals surface area contributed by atoms with Crippen LogP contribution in [0.5, 0.6) is 0 Å². The van der Waals surface area contributed by atoms with Crippen molar-refractivity contribution in [1.29, 1.82) is 0 Å². The Kier molecular flexibility index (Phi) is 9.74. The maximum atomic E-state index is 5.95. The molecule has 0 heterocycles. The van der Waals surface area contributed by atoms with Crippen molar-refractivity contribution in [3.8, 4) is 0 Å². The molecule has 3 heteroatoms. The van der Waals surface area contributed by atoms with Crippen LogP contribution in [-0.4, -0.2) is 40.3 Å². The van der Waals surface area contributed by atoms with Crippen LogP contribution in [0, 0.1) is 0 Å². The Morgan fingerprint density at radius 3 is 2.68 bits per heavy atom. The molecule has 0 radical (unpaired) electrons. The van der Waals surface area contributed by atoms with Gasteiger partial charge in [0.25, 0.3) is 0 Å². The van der Waals surface area contributed by atoms with E-state index in [9.17, 15) is 0 Å². The van der Waals surface area contributed by atoms with Gasteiger partial charge in [0, 0.05) is 0 Å². The summed E-state index contributed by atoms with van der Waals surface area (Å²) in [4.78, 5) is 0. The average molecular weight is 327 g/mol. The number of ether oxygens (including phenoxy) is 2. The third-order valence-electron chi connectivity index (χ3n) is 2.65. The second-order valence-electron chi connectivity index (χ2n) is 4.22. The second kappa shape index (κ2) is 11.2. The molecule has 0 aliphatic rings. The summed E-state index contributed by atoms with van der Waals surface area (Å²) in [5, 5.41) is 0.357. The Hall–Kier alpha value is -0.601. The molecule has 0 aliphatic heterocycles. The van der Waals surface area contributed by atoms with Crippen LogP contribution in [0.25, 0.3) is 0 Å². The molecule has 0 aliphatic carbocycles. The minimum absolute atomic E-state index is 0.357. The van der Waals surface area contributed by atoms with Crippen molar-refractivity contribution >= 4 is 19.4 Å². The van der Waals surface area contributed by atoms with Crippen molar-refractivity contribution in [3.05, 3.63) is 42.5 Å². The van der Waals surface area contributed by atoms with E-state index < -0.39 is 0 Å². The zero-order valence-corrected chi connectivity index (χ0v) is 13.6. The molecule has 106 valence electrons. The van der Waals surface area contributed by atoms with Crippen LogP contribution in [0.3, 0.4) is 0 Å². The van der Waals surface area contributed by atoms with E-state index in [0.29, 0.717) is 33.2 Å². The topological polar surface area (TPSA) is 18.5 Å². The van der Waals surface area contributed by atoms with Crippen molar-refractivity contribution in [2.75, 3.05) is 20.3 Å². The number of allylic oxidation sites excluding steroid dienone is 2. The first-order valence-corrected chi connectivity index (χ1v) is 8.64. The molecule has 19 heavy (non-hydrogen) atoms. The summed E-state index contributed by atoms with van der Waals surface area (Å²) in [5.41, 5.74) is 0. The van der Waals surface area contributed by atoms with Gasteiger partial charge in [-0.15, -0.1) is 0 Å². The van der Waals surface area contributed by atoms with Crippen LogP contribution in [-0.2, 0) is 9.47 Å². The first-order valence-electron chi connectivity index (χ1n) is 6.80. The molecule has 0 amide bonds. The zero-order valence-electron chi connectivity index (χ0n) is 11.9. The molecule has 0 saturated carbocycles. The molecule has 1 rings (SSSR count). The Morgan fingerprint density at radius 2 is 2.00 bits per heavy atom. The summed E-state index contributed by atoms with van der Waals surface area (Å²) >= 11 is 0.380. The summed E-state index contributed by atoms with van der Waals surface area (Å²) in [6.45, 7) is 3.44. The molecule has 1 aromatic rings. The molecule has 0 bridgehead atoms. The molecule has 0 saturated heterocycles. The van der Waals surface area contributed by atoms with Crippen molar-refractivity contribution < 1.29 is 9.47 Å². The van der Waals surface area contributed by atoms with E-state index in [2.05, 4.69) is 49.4 Å². The zero-order chi connectivity index (χ0) is 13.8. The van der Waals surface area contributed by atoms with Gasteiger partial charge in [-0.2, -0.15) is 0 Å². The van der Waals surface area contributed by atoms with Gasteiger partial charge in [0.15, 0.2) is 0 Å². The first-order chi connectivity index (χ1) is 9.36. The predicted octanol–water partition coefficient (Wildman–Crippen LogP) is 2.75. The van der Waals surface area contributed by atoms with E-state index in [1.54, 1.807) is 7.11 Å². The maximum absolute atomic E-state index is 5.95. The number of methoxy groups -OCH3 is 1. The normalized spacial score (nSPS) is 12.9. The third-order valence-corrected chi connectivity index (χ3v) is 5.12. The Balaban J connectivity index is 2.39. The van der Waals surface area contributed by atoms with Crippen LogP contribution in [0.15, 0.2) is 42.5 Å². The molecular weight excluding hydrogens is 303 g/mol. The summed E-state index contributed by atoms with van der Waals surface area (Å²) in [6.07, 6.45) is 7.80. The van der Waals surface area contributed by atoms with Gasteiger partial charge in [-0.25, -0.2) is 0 Å². The van der Waals surface area contributed by atoms with E-state index in [1.165, 1.54) is 10.9 Å². The van der Waals surface area contributed by atoms with Crippen LogP contribution in [0.1, 0.15) is 26.2 Å². The summed E-state index contributed by atoms with van der Waals surface area (Å²) in [7, 11) is 1.72. The van der Waals surface area contributed by atoms with Gasteiger partial charge in [-0.05, 0) is 0 Å². The molecule has 1 unspecified atom stereocenters. The SMILES string of the molecule is C/C=C/CCCC(OCCOC)[Se]c1ccccc1. The number of rotatable bonds is 10. The van der Waals surface area contributed by atoms with Crippen LogP contribution in [0.4, 0.5) is 0 Å². The van der Waals surface area contributed by atoms with Gasteiger partial charge in [-0.3, -0.25) is 0 Å². The molecule has 1 atom stereocenters. The van der Waals surface area contributed by atoms with E-state index in [4.69, 9.17) is 9.47 Å². The second-order valence-corrected chi connectivity index (χ2v) is 6.81. The summed E-state index contributed by atoms with van der Waals surface area (Å²) < 4.78 is 12.4. The van der Waals surface area contributed by atoms with Crippen molar-refractivity contribution in [3.63, 3.8) is 0 Å². The van der Waals surface area contributed by atoms with Crippen molar-refractivity contribution in [2.45, 2.75) is 31.2 Å². The Bertz CT molecular complexity index is 338. The van der Waals surface area contributed by atoms with E-state index >= 15 is 0 Å². The van der Waals surface area contributed by atoms with Crippen LogP contribution >= 0.6 is 0 Å². The summed E-state index contributed by atoms with van der Waals surface area (Å²) in [6, 6.07) is 10.6. The van der Waals surface area contributed by atoms with Gasteiger partial charge >= 0.3 is 123 Å². The summed E-state index contributed by atoms with van der Waals surface area (Å²) in [5.74, 6) is 0. The van der Waals surface area contributed by atoms with E-state index in [-0.39, 0.29) is 0 Å². The molecule has 1 aromatic carbocycles. The fraction of sp³-hybridized carbons (Fsp3) is 0.500. The first kappa shape index (κ1) is 16.5. The van der Waals surface area contributed by atoms with E-state index in [1.807, 2.05) is 0 Å². The number of unbranched alkanes of at least 4 members (excludes halogenated alkanes) is 1.